The summed E-state index contributed by atoms with van der Waals surface area (Å²) in [4.78, 5) is 13.7. The summed E-state index contributed by atoms with van der Waals surface area (Å²) in [5.74, 6) is 1.89. The predicted octanol–water partition coefficient (Wildman–Crippen LogP) is 6.03. The molecule has 0 radical (unpaired) electrons. The van der Waals surface area contributed by atoms with E-state index in [-0.39, 0.29) is 5.56 Å². The molecule has 0 spiro atoms. The minimum Gasteiger partial charge on any atom is -0.493 e. The number of nitrogens with one attached hydrogen (secondary N) is 1. The fourth-order valence-corrected chi connectivity index (χ4v) is 4.48. The Kier molecular flexibility index (Phi) is 5.61. The van der Waals surface area contributed by atoms with E-state index in [1.165, 1.54) is 0 Å². The normalized spacial score (nSPS) is 11.1. The van der Waals surface area contributed by atoms with Crippen LogP contribution in [0.5, 0.6) is 17.2 Å². The number of benzene rings is 3. The number of hydrogen-bond acceptors (Lipinski definition) is 6. The lowest BCUT2D eigenvalue weighted by molar-refractivity contribution is 0.324. The van der Waals surface area contributed by atoms with Crippen LogP contribution >= 0.6 is 0 Å². The Labute approximate surface area is 202 Å². The van der Waals surface area contributed by atoms with Crippen LogP contribution in [0.4, 0.5) is 11.6 Å². The molecule has 2 aromatic heterocycles. The van der Waals surface area contributed by atoms with Crippen molar-refractivity contribution in [2.45, 2.75) is 6.92 Å². The van der Waals surface area contributed by atoms with Crippen LogP contribution < -0.4 is 25.1 Å². The molecular formula is C28H26N2O5. The van der Waals surface area contributed by atoms with Gasteiger partial charge in [0.05, 0.1) is 37.8 Å². The van der Waals surface area contributed by atoms with E-state index in [2.05, 4.69) is 5.32 Å². The maximum absolute atomic E-state index is 13.7. The highest BCUT2D eigenvalue weighted by atomic mass is 16.5. The molecule has 7 nitrogen and oxygen atoms in total. The standard InChI is InChI=1S/C28H26N2O5/c1-16-10-6-8-12-19(16)29-27-23(17-14-21(32-3)26(34-5)22(15-17)33-4)24-25(35-27)18-11-7-9-13-20(18)30(2)28(24)31/h6-15,29H,1-5H3. The van der Waals surface area contributed by atoms with E-state index in [4.69, 9.17) is 18.6 Å². The van der Waals surface area contributed by atoms with Crippen LogP contribution in [0.3, 0.4) is 0 Å². The number of fused-ring (bicyclic) bond motifs is 3. The number of rotatable bonds is 6. The molecule has 3 aromatic carbocycles. The van der Waals surface area contributed by atoms with E-state index < -0.39 is 0 Å². The van der Waals surface area contributed by atoms with Gasteiger partial charge in [-0.1, -0.05) is 30.3 Å². The average Bonchev–Trinajstić information content (AvgIpc) is 3.27. The maximum Gasteiger partial charge on any atom is 0.262 e. The Bertz CT molecular complexity index is 1610. The second-order valence-electron chi connectivity index (χ2n) is 8.25. The molecule has 0 fully saturated rings. The molecule has 0 aliphatic heterocycles. The molecule has 0 saturated heterocycles. The first-order valence-corrected chi connectivity index (χ1v) is 11.2. The highest BCUT2D eigenvalue weighted by molar-refractivity contribution is 6.11. The van der Waals surface area contributed by atoms with E-state index in [1.807, 2.05) is 67.6 Å². The Morgan fingerprint density at radius 2 is 1.54 bits per heavy atom. The molecular weight excluding hydrogens is 444 g/mol. The maximum atomic E-state index is 13.7. The largest absolute Gasteiger partial charge is 0.493 e. The number of aryl methyl sites for hydroxylation is 2. The molecule has 0 aliphatic carbocycles. The monoisotopic (exact) mass is 470 g/mol. The quantitative estimate of drug-likeness (QED) is 0.327. The molecule has 1 N–H and O–H groups in total. The van der Waals surface area contributed by atoms with Crippen molar-refractivity contribution in [2.24, 2.45) is 7.05 Å². The van der Waals surface area contributed by atoms with Crippen molar-refractivity contribution in [3.05, 3.63) is 76.6 Å². The molecule has 5 rings (SSSR count). The van der Waals surface area contributed by atoms with Crippen LogP contribution in [-0.2, 0) is 7.05 Å². The Hall–Kier alpha value is -4.39. The molecule has 0 bridgehead atoms. The Morgan fingerprint density at radius 1 is 0.886 bits per heavy atom. The van der Waals surface area contributed by atoms with Gasteiger partial charge in [0, 0.05) is 18.1 Å². The van der Waals surface area contributed by atoms with Crippen molar-refractivity contribution in [2.75, 3.05) is 26.6 Å². The van der Waals surface area contributed by atoms with Gasteiger partial charge in [-0.3, -0.25) is 4.79 Å². The van der Waals surface area contributed by atoms with E-state index in [9.17, 15) is 4.79 Å². The second kappa shape index (κ2) is 8.76. The summed E-state index contributed by atoms with van der Waals surface area (Å²) in [6.07, 6.45) is 0. The zero-order valence-electron chi connectivity index (χ0n) is 20.3. The second-order valence-corrected chi connectivity index (χ2v) is 8.25. The van der Waals surface area contributed by atoms with Crippen molar-refractivity contribution in [1.82, 2.24) is 4.57 Å². The van der Waals surface area contributed by atoms with Gasteiger partial charge < -0.3 is 28.5 Å². The van der Waals surface area contributed by atoms with Crippen molar-refractivity contribution < 1.29 is 18.6 Å². The number of pyridine rings is 1. The minimum absolute atomic E-state index is 0.163. The highest BCUT2D eigenvalue weighted by Gasteiger charge is 2.25. The van der Waals surface area contributed by atoms with Gasteiger partial charge >= 0.3 is 0 Å². The number of ether oxygens (including phenoxy) is 3. The topological polar surface area (TPSA) is 74.9 Å². The SMILES string of the molecule is COc1cc(-c2c(Nc3ccccc3C)oc3c2c(=O)n(C)c2ccccc32)cc(OC)c1OC. The first-order chi connectivity index (χ1) is 17.0. The van der Waals surface area contributed by atoms with Crippen LogP contribution in [0, 0.1) is 6.92 Å². The summed E-state index contributed by atoms with van der Waals surface area (Å²) in [7, 11) is 6.45. The van der Waals surface area contributed by atoms with Gasteiger partial charge in [0.15, 0.2) is 17.1 Å². The zero-order chi connectivity index (χ0) is 24.7. The first-order valence-electron chi connectivity index (χ1n) is 11.2. The number of para-hydroxylation sites is 2. The van der Waals surface area contributed by atoms with Gasteiger partial charge in [-0.05, 0) is 48.4 Å². The molecule has 0 unspecified atom stereocenters. The average molecular weight is 471 g/mol. The third kappa shape index (κ3) is 3.56. The van der Waals surface area contributed by atoms with Gasteiger partial charge in [-0.25, -0.2) is 0 Å². The lowest BCUT2D eigenvalue weighted by atomic mass is 10.0. The first kappa shape index (κ1) is 22.4. The van der Waals surface area contributed by atoms with Crippen LogP contribution in [0.15, 0.2) is 69.9 Å². The van der Waals surface area contributed by atoms with Crippen molar-refractivity contribution in [3.63, 3.8) is 0 Å². The highest BCUT2D eigenvalue weighted by Crippen LogP contribution is 2.46. The number of furan rings is 1. The fraction of sp³-hybridized carbons (Fsp3) is 0.179. The van der Waals surface area contributed by atoms with E-state index in [0.717, 1.165) is 22.2 Å². The number of hydrogen-bond donors (Lipinski definition) is 1. The minimum atomic E-state index is -0.163. The number of aromatic nitrogens is 1. The molecule has 0 amide bonds. The molecule has 35 heavy (non-hydrogen) atoms. The van der Waals surface area contributed by atoms with Crippen LogP contribution in [0.25, 0.3) is 33.0 Å². The van der Waals surface area contributed by atoms with E-state index >= 15 is 0 Å². The van der Waals surface area contributed by atoms with Gasteiger partial charge in [-0.15, -0.1) is 0 Å². The van der Waals surface area contributed by atoms with Crippen molar-refractivity contribution in [3.8, 4) is 28.4 Å². The predicted molar refractivity (Wildman–Crippen MR) is 139 cm³/mol. The molecule has 5 aromatic rings. The summed E-state index contributed by atoms with van der Waals surface area (Å²) in [5, 5.41) is 4.73. The third-order valence-electron chi connectivity index (χ3n) is 6.28. The summed E-state index contributed by atoms with van der Waals surface area (Å²) in [6, 6.07) is 19.3. The summed E-state index contributed by atoms with van der Waals surface area (Å²) in [6.45, 7) is 2.01. The zero-order valence-corrected chi connectivity index (χ0v) is 20.3. The summed E-state index contributed by atoms with van der Waals surface area (Å²) < 4.78 is 24.8. The number of nitrogens with zero attached hydrogens (tertiary/aromatic N) is 1. The lowest BCUT2D eigenvalue weighted by Crippen LogP contribution is -2.17. The molecule has 0 saturated carbocycles. The van der Waals surface area contributed by atoms with Gasteiger partial charge in [0.25, 0.3) is 5.56 Å². The van der Waals surface area contributed by atoms with Gasteiger partial charge in [0.2, 0.25) is 11.6 Å². The van der Waals surface area contributed by atoms with Gasteiger partial charge in [-0.2, -0.15) is 0 Å². The number of anilines is 2. The summed E-state index contributed by atoms with van der Waals surface area (Å²) >= 11 is 0. The molecule has 2 heterocycles. The Morgan fingerprint density at radius 3 is 2.20 bits per heavy atom. The molecule has 178 valence electrons. The van der Waals surface area contributed by atoms with Gasteiger partial charge in [0.1, 0.15) is 0 Å². The van der Waals surface area contributed by atoms with Crippen molar-refractivity contribution in [1.29, 1.82) is 0 Å². The Balaban J connectivity index is 1.90. The third-order valence-corrected chi connectivity index (χ3v) is 6.28. The molecule has 0 aliphatic rings. The lowest BCUT2D eigenvalue weighted by Gasteiger charge is -2.15. The van der Waals surface area contributed by atoms with Crippen LogP contribution in [0.2, 0.25) is 0 Å². The summed E-state index contributed by atoms with van der Waals surface area (Å²) in [5.41, 5.74) is 4.38. The smallest absolute Gasteiger partial charge is 0.262 e. The van der Waals surface area contributed by atoms with Crippen LogP contribution in [-0.4, -0.2) is 25.9 Å². The molecule has 0 atom stereocenters. The molecule has 7 heteroatoms. The number of methoxy groups -OCH3 is 3. The fourth-order valence-electron chi connectivity index (χ4n) is 4.48. The van der Waals surface area contributed by atoms with E-state index in [0.29, 0.717) is 45.2 Å². The van der Waals surface area contributed by atoms with Crippen molar-refractivity contribution >= 4 is 33.4 Å². The van der Waals surface area contributed by atoms with E-state index in [1.54, 1.807) is 32.9 Å². The van der Waals surface area contributed by atoms with Crippen LogP contribution in [0.1, 0.15) is 5.56 Å².